The average molecular weight is 265 g/mol. The lowest BCUT2D eigenvalue weighted by Crippen LogP contribution is -2.22. The van der Waals surface area contributed by atoms with E-state index in [1.54, 1.807) is 0 Å². The van der Waals surface area contributed by atoms with Gasteiger partial charge in [-0.3, -0.25) is 0 Å². The maximum Gasteiger partial charge on any atom is 0.231 e. The minimum absolute atomic E-state index is 0.183. The van der Waals surface area contributed by atoms with Gasteiger partial charge in [-0.2, -0.15) is 0 Å². The van der Waals surface area contributed by atoms with Gasteiger partial charge in [0.25, 0.3) is 0 Å². The Balaban J connectivity index is 1.45. The van der Waals surface area contributed by atoms with Crippen molar-refractivity contribution in [3.8, 4) is 11.5 Å². The van der Waals surface area contributed by atoms with E-state index in [1.165, 1.54) is 0 Å². The van der Waals surface area contributed by atoms with Crippen LogP contribution in [0.25, 0.3) is 0 Å². The van der Waals surface area contributed by atoms with Crippen LogP contribution in [-0.2, 0) is 16.1 Å². The highest BCUT2D eigenvalue weighted by Crippen LogP contribution is 2.32. The van der Waals surface area contributed by atoms with Crippen molar-refractivity contribution in [2.24, 2.45) is 5.73 Å². The van der Waals surface area contributed by atoms with Gasteiger partial charge in [0.1, 0.15) is 0 Å². The molecule has 1 aromatic rings. The van der Waals surface area contributed by atoms with Crippen LogP contribution in [0.1, 0.15) is 18.4 Å². The fourth-order valence-electron chi connectivity index (χ4n) is 2.42. The first kappa shape index (κ1) is 12.7. The lowest BCUT2D eigenvalue weighted by molar-refractivity contribution is -0.0168. The molecule has 0 radical (unpaired) electrons. The van der Waals surface area contributed by atoms with Gasteiger partial charge in [0, 0.05) is 6.54 Å². The molecule has 2 aliphatic rings. The molecule has 1 saturated heterocycles. The van der Waals surface area contributed by atoms with Crippen LogP contribution in [0.2, 0.25) is 0 Å². The van der Waals surface area contributed by atoms with Crippen molar-refractivity contribution in [1.82, 2.24) is 0 Å². The van der Waals surface area contributed by atoms with E-state index in [-0.39, 0.29) is 12.2 Å². The Morgan fingerprint density at radius 2 is 2.00 bits per heavy atom. The van der Waals surface area contributed by atoms with Crippen LogP contribution in [-0.4, -0.2) is 32.2 Å². The Kier molecular flexibility index (Phi) is 3.87. The first-order chi connectivity index (χ1) is 9.35. The van der Waals surface area contributed by atoms with E-state index in [9.17, 15) is 0 Å². The van der Waals surface area contributed by atoms with Crippen LogP contribution in [0.4, 0.5) is 0 Å². The molecule has 2 atom stereocenters. The second-order valence-electron chi connectivity index (χ2n) is 4.90. The Morgan fingerprint density at radius 3 is 2.84 bits per heavy atom. The van der Waals surface area contributed by atoms with Gasteiger partial charge >= 0.3 is 0 Å². The molecular formula is C14H19NO4. The highest BCUT2D eigenvalue weighted by molar-refractivity contribution is 5.44. The Bertz CT molecular complexity index is 437. The molecule has 19 heavy (non-hydrogen) atoms. The molecule has 2 unspecified atom stereocenters. The van der Waals surface area contributed by atoms with Gasteiger partial charge < -0.3 is 24.7 Å². The quantitative estimate of drug-likeness (QED) is 0.872. The third-order valence-corrected chi connectivity index (χ3v) is 3.47. The number of hydrogen-bond donors (Lipinski definition) is 1. The summed E-state index contributed by atoms with van der Waals surface area (Å²) in [6.45, 7) is 2.07. The third kappa shape index (κ3) is 3.00. The average Bonchev–Trinajstić information content (AvgIpc) is 3.06. The molecule has 2 aliphatic heterocycles. The van der Waals surface area contributed by atoms with E-state index in [0.717, 1.165) is 29.9 Å². The van der Waals surface area contributed by atoms with E-state index in [4.69, 9.17) is 24.7 Å². The summed E-state index contributed by atoms with van der Waals surface area (Å²) in [4.78, 5) is 0. The molecule has 2 heterocycles. The zero-order valence-electron chi connectivity index (χ0n) is 10.8. The molecule has 1 aromatic carbocycles. The normalized spacial score (nSPS) is 24.9. The van der Waals surface area contributed by atoms with Crippen LogP contribution >= 0.6 is 0 Å². The molecule has 2 N–H and O–H groups in total. The van der Waals surface area contributed by atoms with E-state index in [0.29, 0.717) is 26.6 Å². The number of rotatable bonds is 5. The van der Waals surface area contributed by atoms with Crippen molar-refractivity contribution in [2.45, 2.75) is 31.7 Å². The first-order valence-electron chi connectivity index (χ1n) is 6.67. The summed E-state index contributed by atoms with van der Waals surface area (Å²) < 4.78 is 22.0. The summed E-state index contributed by atoms with van der Waals surface area (Å²) in [5.41, 5.74) is 6.66. The second-order valence-corrected chi connectivity index (χ2v) is 4.90. The molecule has 0 aliphatic carbocycles. The van der Waals surface area contributed by atoms with Gasteiger partial charge in [0.2, 0.25) is 6.79 Å². The zero-order valence-corrected chi connectivity index (χ0v) is 10.8. The van der Waals surface area contributed by atoms with Crippen LogP contribution in [0, 0.1) is 0 Å². The standard InChI is InChI=1S/C14H19NO4/c15-6-11-2-3-12(19-11)8-16-7-10-1-4-13-14(5-10)18-9-17-13/h1,4-5,11-12H,2-3,6-9,15H2. The predicted molar refractivity (Wildman–Crippen MR) is 69.2 cm³/mol. The predicted octanol–water partition coefficient (Wildman–Crippen LogP) is 1.44. The molecule has 0 spiro atoms. The van der Waals surface area contributed by atoms with E-state index >= 15 is 0 Å². The van der Waals surface area contributed by atoms with E-state index < -0.39 is 0 Å². The van der Waals surface area contributed by atoms with Crippen LogP contribution < -0.4 is 15.2 Å². The maximum atomic E-state index is 5.73. The highest BCUT2D eigenvalue weighted by atomic mass is 16.7. The van der Waals surface area contributed by atoms with Crippen LogP contribution in [0.3, 0.4) is 0 Å². The topological polar surface area (TPSA) is 62.9 Å². The molecule has 3 rings (SSSR count). The number of benzene rings is 1. The third-order valence-electron chi connectivity index (χ3n) is 3.47. The largest absolute Gasteiger partial charge is 0.454 e. The molecule has 104 valence electrons. The molecule has 0 aromatic heterocycles. The van der Waals surface area contributed by atoms with Crippen molar-refractivity contribution in [1.29, 1.82) is 0 Å². The minimum Gasteiger partial charge on any atom is -0.454 e. The van der Waals surface area contributed by atoms with Gasteiger partial charge in [0.05, 0.1) is 25.4 Å². The zero-order chi connectivity index (χ0) is 13.1. The fraction of sp³-hybridized carbons (Fsp3) is 0.571. The highest BCUT2D eigenvalue weighted by Gasteiger charge is 2.24. The lowest BCUT2D eigenvalue weighted by atomic mass is 10.2. The number of nitrogens with two attached hydrogens (primary N) is 1. The van der Waals surface area contributed by atoms with Crippen LogP contribution in [0.15, 0.2) is 18.2 Å². The van der Waals surface area contributed by atoms with E-state index in [2.05, 4.69) is 0 Å². The summed E-state index contributed by atoms with van der Waals surface area (Å²) in [5.74, 6) is 1.59. The molecular weight excluding hydrogens is 246 g/mol. The summed E-state index contributed by atoms with van der Waals surface area (Å²) in [6, 6.07) is 5.86. The summed E-state index contributed by atoms with van der Waals surface area (Å²) >= 11 is 0. The van der Waals surface area contributed by atoms with Crippen LogP contribution in [0.5, 0.6) is 11.5 Å². The fourth-order valence-corrected chi connectivity index (χ4v) is 2.42. The van der Waals surface area contributed by atoms with Gasteiger partial charge in [-0.15, -0.1) is 0 Å². The Morgan fingerprint density at radius 1 is 1.16 bits per heavy atom. The number of ether oxygens (including phenoxy) is 4. The SMILES string of the molecule is NCC1CCC(COCc2ccc3c(c2)OCO3)O1. The molecule has 1 fully saturated rings. The first-order valence-corrected chi connectivity index (χ1v) is 6.67. The van der Waals surface area contributed by atoms with Crippen molar-refractivity contribution < 1.29 is 18.9 Å². The van der Waals surface area contributed by atoms with Gasteiger partial charge in [-0.1, -0.05) is 6.07 Å². The monoisotopic (exact) mass is 265 g/mol. The molecule has 0 bridgehead atoms. The van der Waals surface area contributed by atoms with Crippen molar-refractivity contribution in [2.75, 3.05) is 19.9 Å². The Hall–Kier alpha value is -1.30. The van der Waals surface area contributed by atoms with Gasteiger partial charge in [0.15, 0.2) is 11.5 Å². The van der Waals surface area contributed by atoms with E-state index in [1.807, 2.05) is 18.2 Å². The second kappa shape index (κ2) is 5.77. The van der Waals surface area contributed by atoms with Crippen molar-refractivity contribution >= 4 is 0 Å². The van der Waals surface area contributed by atoms with Crippen molar-refractivity contribution in [3.63, 3.8) is 0 Å². The maximum absolute atomic E-state index is 5.73. The minimum atomic E-state index is 0.183. The molecule has 0 saturated carbocycles. The van der Waals surface area contributed by atoms with Gasteiger partial charge in [-0.05, 0) is 30.5 Å². The summed E-state index contributed by atoms with van der Waals surface area (Å²) in [5, 5.41) is 0. The summed E-state index contributed by atoms with van der Waals surface area (Å²) in [6.07, 6.45) is 2.46. The number of fused-ring (bicyclic) bond motifs is 1. The summed E-state index contributed by atoms with van der Waals surface area (Å²) in [7, 11) is 0. The van der Waals surface area contributed by atoms with Crippen molar-refractivity contribution in [3.05, 3.63) is 23.8 Å². The molecule has 0 amide bonds. The number of hydrogen-bond acceptors (Lipinski definition) is 5. The lowest BCUT2D eigenvalue weighted by Gasteiger charge is -2.12. The van der Waals surface area contributed by atoms with Gasteiger partial charge in [-0.25, -0.2) is 0 Å². The Labute approximate surface area is 112 Å². The molecule has 5 nitrogen and oxygen atoms in total. The molecule has 5 heteroatoms. The smallest absolute Gasteiger partial charge is 0.231 e.